The van der Waals surface area contributed by atoms with Crippen molar-refractivity contribution in [1.29, 1.82) is 0 Å². The number of imide groups is 1. The van der Waals surface area contributed by atoms with E-state index in [-0.39, 0.29) is 23.9 Å². The van der Waals surface area contributed by atoms with Crippen LogP contribution >= 0.6 is 0 Å². The van der Waals surface area contributed by atoms with Crippen molar-refractivity contribution >= 4 is 34.5 Å². The number of fused-ring (bicyclic) bond motifs is 1. The Kier molecular flexibility index (Phi) is 6.32. The van der Waals surface area contributed by atoms with Gasteiger partial charge in [-0.3, -0.25) is 19.6 Å². The number of carbonyl (C=O) groups excluding carboxylic acids is 3. The van der Waals surface area contributed by atoms with E-state index < -0.39 is 11.5 Å². The molecule has 2 aliphatic rings. The molecule has 2 heterocycles. The van der Waals surface area contributed by atoms with Crippen molar-refractivity contribution in [3.8, 4) is 0 Å². The number of aromatic nitrogens is 2. The number of ether oxygens (including phenoxy) is 1. The van der Waals surface area contributed by atoms with Crippen LogP contribution in [-0.4, -0.2) is 45.4 Å². The van der Waals surface area contributed by atoms with E-state index in [0.29, 0.717) is 18.9 Å². The molecule has 2 aromatic rings. The fraction of sp³-hybridized carbons (Fsp3) is 0.583. The van der Waals surface area contributed by atoms with E-state index in [9.17, 15) is 14.4 Å². The molecule has 0 bridgehead atoms. The van der Waals surface area contributed by atoms with Crippen LogP contribution in [0, 0.1) is 0 Å². The first-order chi connectivity index (χ1) is 15.6. The zero-order valence-electron chi connectivity index (χ0n) is 19.7. The summed E-state index contributed by atoms with van der Waals surface area (Å²) in [6, 6.07) is 6.53. The van der Waals surface area contributed by atoms with Gasteiger partial charge in [0.05, 0.1) is 17.1 Å². The van der Waals surface area contributed by atoms with Gasteiger partial charge in [-0.1, -0.05) is 0 Å². The molecule has 1 aliphatic heterocycles. The van der Waals surface area contributed by atoms with Gasteiger partial charge < -0.3 is 15.4 Å². The summed E-state index contributed by atoms with van der Waals surface area (Å²) in [4.78, 5) is 35.8. The molecule has 9 heteroatoms. The lowest BCUT2D eigenvalue weighted by Gasteiger charge is -2.31. The standard InChI is InChI=1S/C24H33N5O4/c1-24(2,3)33-23(32)26-15-7-5-14(6-8-15)25-16-9-10-17-19(13-16)29(4)28-21(17)18-11-12-20(30)27-22(18)31/h9-10,13-15,18,25H,5-8,11-12H2,1-4H3,(H,26,32)(H,27,30,31)/t14-,15+,18?. The predicted molar refractivity (Wildman–Crippen MR) is 125 cm³/mol. The van der Waals surface area contributed by atoms with Gasteiger partial charge >= 0.3 is 6.09 Å². The molecule has 0 radical (unpaired) electrons. The Balaban J connectivity index is 1.37. The smallest absolute Gasteiger partial charge is 0.407 e. The van der Waals surface area contributed by atoms with Crippen LogP contribution in [0.3, 0.4) is 0 Å². The van der Waals surface area contributed by atoms with E-state index >= 15 is 0 Å². The quantitative estimate of drug-likeness (QED) is 0.609. The summed E-state index contributed by atoms with van der Waals surface area (Å²) < 4.78 is 7.15. The van der Waals surface area contributed by atoms with Crippen LogP contribution in [0.2, 0.25) is 0 Å². The van der Waals surface area contributed by atoms with Gasteiger partial charge in [-0.25, -0.2) is 4.79 Å². The molecular formula is C24H33N5O4. The molecule has 1 saturated carbocycles. The molecule has 1 saturated heterocycles. The summed E-state index contributed by atoms with van der Waals surface area (Å²) in [6.07, 6.45) is 4.15. The minimum absolute atomic E-state index is 0.133. The number of hydrogen-bond acceptors (Lipinski definition) is 6. The lowest BCUT2D eigenvalue weighted by molar-refractivity contribution is -0.134. The van der Waals surface area contributed by atoms with Crippen molar-refractivity contribution in [3.05, 3.63) is 23.9 Å². The van der Waals surface area contributed by atoms with Gasteiger partial charge in [-0.2, -0.15) is 5.10 Å². The normalized spacial score (nSPS) is 23.8. The molecular weight excluding hydrogens is 422 g/mol. The second-order valence-corrected chi connectivity index (χ2v) is 10.1. The largest absolute Gasteiger partial charge is 0.444 e. The highest BCUT2D eigenvalue weighted by Gasteiger charge is 2.31. The van der Waals surface area contributed by atoms with Crippen LogP contribution in [-0.2, 0) is 21.4 Å². The van der Waals surface area contributed by atoms with Crippen LogP contribution < -0.4 is 16.0 Å². The highest BCUT2D eigenvalue weighted by atomic mass is 16.6. The number of rotatable bonds is 4. The summed E-state index contributed by atoms with van der Waals surface area (Å²) in [6.45, 7) is 5.58. The second-order valence-electron chi connectivity index (χ2n) is 10.1. The van der Waals surface area contributed by atoms with Gasteiger partial charge in [0.25, 0.3) is 0 Å². The fourth-order valence-corrected chi connectivity index (χ4v) is 4.68. The van der Waals surface area contributed by atoms with Crippen molar-refractivity contribution in [2.45, 2.75) is 82.9 Å². The minimum Gasteiger partial charge on any atom is -0.444 e. The van der Waals surface area contributed by atoms with Crippen molar-refractivity contribution < 1.29 is 19.1 Å². The molecule has 1 aliphatic carbocycles. The molecule has 178 valence electrons. The van der Waals surface area contributed by atoms with Crippen molar-refractivity contribution in [2.75, 3.05) is 5.32 Å². The molecule has 4 rings (SSSR count). The average Bonchev–Trinajstić information content (AvgIpc) is 3.04. The molecule has 1 aromatic carbocycles. The van der Waals surface area contributed by atoms with E-state index in [1.165, 1.54) is 0 Å². The minimum atomic E-state index is -0.495. The number of nitrogens with one attached hydrogen (secondary N) is 3. The number of alkyl carbamates (subject to hydrolysis) is 1. The SMILES string of the molecule is Cn1nc(C2CCC(=O)NC2=O)c2ccc(N[C@H]3CC[C@@H](NC(=O)OC(C)(C)C)CC3)cc21. The van der Waals surface area contributed by atoms with Gasteiger partial charge in [0.2, 0.25) is 11.8 Å². The number of amides is 3. The number of hydrogen-bond donors (Lipinski definition) is 3. The molecule has 1 aromatic heterocycles. The third kappa shape index (κ3) is 5.46. The first-order valence-corrected chi connectivity index (χ1v) is 11.7. The zero-order valence-corrected chi connectivity index (χ0v) is 19.7. The number of nitrogens with zero attached hydrogens (tertiary/aromatic N) is 2. The Morgan fingerprint density at radius 1 is 1.12 bits per heavy atom. The Hall–Kier alpha value is -3.10. The Morgan fingerprint density at radius 3 is 2.48 bits per heavy atom. The predicted octanol–water partition coefficient (Wildman–Crippen LogP) is 3.34. The van der Waals surface area contributed by atoms with Gasteiger partial charge in [-0.15, -0.1) is 0 Å². The lowest BCUT2D eigenvalue weighted by atomic mass is 9.91. The van der Waals surface area contributed by atoms with Gasteiger partial charge in [0.15, 0.2) is 0 Å². The number of carbonyl (C=O) groups is 3. The molecule has 3 amide bonds. The number of piperidine rings is 1. The Morgan fingerprint density at radius 2 is 1.82 bits per heavy atom. The first-order valence-electron chi connectivity index (χ1n) is 11.7. The third-order valence-corrected chi connectivity index (χ3v) is 6.27. The number of aryl methyl sites for hydroxylation is 1. The number of anilines is 1. The summed E-state index contributed by atoms with van der Waals surface area (Å²) in [5, 5.41) is 14.5. The molecule has 0 spiro atoms. The zero-order chi connectivity index (χ0) is 23.8. The number of benzene rings is 1. The summed E-state index contributed by atoms with van der Waals surface area (Å²) >= 11 is 0. The highest BCUT2D eigenvalue weighted by Crippen LogP contribution is 2.32. The molecule has 3 N–H and O–H groups in total. The average molecular weight is 456 g/mol. The summed E-state index contributed by atoms with van der Waals surface area (Å²) in [5.41, 5.74) is 2.17. The summed E-state index contributed by atoms with van der Waals surface area (Å²) in [5.74, 6) is -0.901. The van der Waals surface area contributed by atoms with E-state index in [0.717, 1.165) is 48.0 Å². The van der Waals surface area contributed by atoms with E-state index in [1.54, 1.807) is 4.68 Å². The van der Waals surface area contributed by atoms with Crippen LogP contribution in [0.4, 0.5) is 10.5 Å². The van der Waals surface area contributed by atoms with Gasteiger partial charge in [0, 0.05) is 36.6 Å². The maximum atomic E-state index is 12.3. The van der Waals surface area contributed by atoms with Crippen molar-refractivity contribution in [2.24, 2.45) is 7.05 Å². The lowest BCUT2D eigenvalue weighted by Crippen LogP contribution is -2.42. The highest BCUT2D eigenvalue weighted by molar-refractivity contribution is 6.02. The monoisotopic (exact) mass is 455 g/mol. The molecule has 2 fully saturated rings. The maximum absolute atomic E-state index is 12.3. The maximum Gasteiger partial charge on any atom is 0.407 e. The fourth-order valence-electron chi connectivity index (χ4n) is 4.68. The second kappa shape index (κ2) is 9.03. The first kappa shape index (κ1) is 23.1. The van der Waals surface area contributed by atoms with E-state index in [2.05, 4.69) is 27.1 Å². The van der Waals surface area contributed by atoms with Crippen LogP contribution in [0.5, 0.6) is 0 Å². The Labute approximate surface area is 193 Å². The van der Waals surface area contributed by atoms with Gasteiger partial charge in [-0.05, 0) is 71.1 Å². The molecule has 1 atom stereocenters. The topological polar surface area (TPSA) is 114 Å². The van der Waals surface area contributed by atoms with Crippen LogP contribution in [0.1, 0.15) is 70.9 Å². The van der Waals surface area contributed by atoms with E-state index in [1.807, 2.05) is 40.0 Å². The van der Waals surface area contributed by atoms with Crippen LogP contribution in [0.25, 0.3) is 10.9 Å². The van der Waals surface area contributed by atoms with Gasteiger partial charge in [0.1, 0.15) is 5.60 Å². The Bertz CT molecular complexity index is 1060. The van der Waals surface area contributed by atoms with E-state index in [4.69, 9.17) is 4.74 Å². The van der Waals surface area contributed by atoms with Crippen LogP contribution in [0.15, 0.2) is 18.2 Å². The third-order valence-electron chi connectivity index (χ3n) is 6.27. The molecule has 9 nitrogen and oxygen atoms in total. The molecule has 33 heavy (non-hydrogen) atoms. The van der Waals surface area contributed by atoms with Crippen molar-refractivity contribution in [1.82, 2.24) is 20.4 Å². The van der Waals surface area contributed by atoms with Crippen molar-refractivity contribution in [3.63, 3.8) is 0 Å². The summed E-state index contributed by atoms with van der Waals surface area (Å²) in [7, 11) is 1.87. The molecule has 1 unspecified atom stereocenters.